The van der Waals surface area contributed by atoms with Crippen LogP contribution in [0.1, 0.15) is 18.9 Å². The number of hydrogen-bond donors (Lipinski definition) is 2. The molecule has 3 heterocycles. The molecule has 0 aliphatic carbocycles. The summed E-state index contributed by atoms with van der Waals surface area (Å²) in [7, 11) is 1.49. The molecule has 1 aliphatic heterocycles. The fraction of sp³-hybridized carbons (Fsp3) is 0.300. The molecule has 42 heavy (non-hydrogen) atoms. The predicted molar refractivity (Wildman–Crippen MR) is 154 cm³/mol. The standard InChI is InChI=1S/C30H27F5N4O2S/c1-30(34,35)21-12-23(33)22(32)11-19(21)29-27(18-5-6-24-20(13-36-38-24)28(18)42-29)41-25-7-4-16(10-26(25)40-2)37-17-14-39(15-17)9-3-8-31/h4-7,10-13,17,37H,3,8-9,14-15H2,1-2H3,(H,36,38). The van der Waals surface area contributed by atoms with Crippen molar-refractivity contribution >= 4 is 38.0 Å². The van der Waals surface area contributed by atoms with Crippen LogP contribution in [0.5, 0.6) is 17.2 Å². The van der Waals surface area contributed by atoms with Crippen molar-refractivity contribution in [1.82, 2.24) is 15.1 Å². The monoisotopic (exact) mass is 602 g/mol. The van der Waals surface area contributed by atoms with Gasteiger partial charge in [-0.1, -0.05) is 0 Å². The van der Waals surface area contributed by atoms with E-state index in [1.54, 1.807) is 30.5 Å². The number of anilines is 1. The summed E-state index contributed by atoms with van der Waals surface area (Å²) in [5, 5.41) is 11.7. The average molecular weight is 603 g/mol. The first-order valence-corrected chi connectivity index (χ1v) is 14.1. The molecule has 0 spiro atoms. The molecule has 2 aromatic heterocycles. The van der Waals surface area contributed by atoms with Crippen molar-refractivity contribution in [2.24, 2.45) is 0 Å². The first-order valence-electron chi connectivity index (χ1n) is 13.3. The van der Waals surface area contributed by atoms with Gasteiger partial charge in [0, 0.05) is 64.9 Å². The zero-order valence-electron chi connectivity index (χ0n) is 22.7. The Morgan fingerprint density at radius 1 is 1.07 bits per heavy atom. The second-order valence-corrected chi connectivity index (χ2v) is 11.4. The lowest BCUT2D eigenvalue weighted by molar-refractivity contribution is 0.0177. The van der Waals surface area contributed by atoms with Crippen molar-refractivity contribution in [3.05, 3.63) is 65.9 Å². The van der Waals surface area contributed by atoms with Crippen LogP contribution in [0.15, 0.2) is 48.7 Å². The third-order valence-electron chi connectivity index (χ3n) is 7.32. The summed E-state index contributed by atoms with van der Waals surface area (Å²) in [6.45, 7) is 2.62. The number of methoxy groups -OCH3 is 1. The summed E-state index contributed by atoms with van der Waals surface area (Å²) in [5.74, 6) is -5.18. The maximum absolute atomic E-state index is 14.7. The van der Waals surface area contributed by atoms with Gasteiger partial charge in [-0.3, -0.25) is 14.4 Å². The largest absolute Gasteiger partial charge is 0.493 e. The van der Waals surface area contributed by atoms with Crippen LogP contribution < -0.4 is 14.8 Å². The van der Waals surface area contributed by atoms with Crippen molar-refractivity contribution in [2.75, 3.05) is 38.7 Å². The van der Waals surface area contributed by atoms with E-state index in [-0.39, 0.29) is 28.9 Å². The lowest BCUT2D eigenvalue weighted by Crippen LogP contribution is -2.54. The normalized spacial score (nSPS) is 14.5. The van der Waals surface area contributed by atoms with Gasteiger partial charge >= 0.3 is 0 Å². The highest BCUT2D eigenvalue weighted by molar-refractivity contribution is 7.23. The van der Waals surface area contributed by atoms with Crippen LogP contribution in [-0.4, -0.2) is 54.6 Å². The number of thiophene rings is 1. The average Bonchev–Trinajstić information content (AvgIpc) is 3.56. The quantitative estimate of drug-likeness (QED) is 0.158. The molecule has 1 fully saturated rings. The molecule has 1 aliphatic rings. The van der Waals surface area contributed by atoms with Crippen molar-refractivity contribution < 1.29 is 31.4 Å². The van der Waals surface area contributed by atoms with Gasteiger partial charge in [0.2, 0.25) is 0 Å². The first kappa shape index (κ1) is 28.2. The van der Waals surface area contributed by atoms with E-state index in [4.69, 9.17) is 9.47 Å². The number of hydrogen-bond acceptors (Lipinski definition) is 6. The van der Waals surface area contributed by atoms with Crippen molar-refractivity contribution in [3.63, 3.8) is 0 Å². The van der Waals surface area contributed by atoms with Crippen LogP contribution in [0.4, 0.5) is 27.6 Å². The number of ether oxygens (including phenoxy) is 2. The van der Waals surface area contributed by atoms with Gasteiger partial charge in [-0.25, -0.2) is 17.6 Å². The predicted octanol–water partition coefficient (Wildman–Crippen LogP) is 8.09. The zero-order valence-corrected chi connectivity index (χ0v) is 23.6. The molecule has 0 unspecified atom stereocenters. The summed E-state index contributed by atoms with van der Waals surface area (Å²) < 4.78 is 83.3. The van der Waals surface area contributed by atoms with Crippen molar-refractivity contribution in [2.45, 2.75) is 25.3 Å². The van der Waals surface area contributed by atoms with Gasteiger partial charge in [0.1, 0.15) is 0 Å². The number of halogens is 5. The first-order chi connectivity index (χ1) is 20.2. The molecule has 0 amide bonds. The van der Waals surface area contributed by atoms with Crippen LogP contribution in [0.3, 0.4) is 0 Å². The van der Waals surface area contributed by atoms with Crippen LogP contribution in [0.25, 0.3) is 31.4 Å². The molecular formula is C30H27F5N4O2S. The molecule has 5 aromatic rings. The number of fused-ring (bicyclic) bond motifs is 3. The Hall–Kier alpha value is -3.90. The lowest BCUT2D eigenvalue weighted by Gasteiger charge is -2.40. The van der Waals surface area contributed by atoms with Gasteiger partial charge < -0.3 is 14.8 Å². The minimum absolute atomic E-state index is 0.172. The molecule has 12 heteroatoms. The molecule has 0 bridgehead atoms. The molecule has 0 saturated carbocycles. The van der Waals surface area contributed by atoms with Gasteiger partial charge in [-0.15, -0.1) is 11.3 Å². The second kappa shape index (κ2) is 11.1. The van der Waals surface area contributed by atoms with E-state index in [0.717, 1.165) is 53.6 Å². The van der Waals surface area contributed by atoms with Gasteiger partial charge in [0.25, 0.3) is 5.92 Å². The van der Waals surface area contributed by atoms with Gasteiger partial charge in [-0.05, 0) is 42.8 Å². The molecule has 220 valence electrons. The Morgan fingerprint density at radius 3 is 2.60 bits per heavy atom. The van der Waals surface area contributed by atoms with E-state index in [2.05, 4.69) is 20.4 Å². The summed E-state index contributed by atoms with van der Waals surface area (Å²) in [6.07, 6.45) is 2.13. The summed E-state index contributed by atoms with van der Waals surface area (Å²) >= 11 is 1.13. The number of alkyl halides is 3. The molecule has 0 atom stereocenters. The Labute approximate surface area is 242 Å². The highest BCUT2D eigenvalue weighted by atomic mass is 32.1. The highest BCUT2D eigenvalue weighted by Crippen LogP contribution is 2.52. The highest BCUT2D eigenvalue weighted by Gasteiger charge is 2.33. The van der Waals surface area contributed by atoms with Crippen molar-refractivity contribution in [1.29, 1.82) is 0 Å². The number of aromatic nitrogens is 2. The third-order valence-corrected chi connectivity index (χ3v) is 8.57. The van der Waals surface area contributed by atoms with E-state index in [9.17, 15) is 22.0 Å². The molecule has 0 radical (unpaired) electrons. The van der Waals surface area contributed by atoms with E-state index in [0.29, 0.717) is 41.0 Å². The van der Waals surface area contributed by atoms with Gasteiger partial charge in [-0.2, -0.15) is 5.10 Å². The SMILES string of the molecule is COc1cc(NC2CN(CCCF)C2)ccc1Oc1c(-c2cc(F)c(F)cc2C(C)(F)F)sc2c1ccc1[nH]ncc12. The minimum atomic E-state index is -3.46. The molecule has 3 aromatic carbocycles. The summed E-state index contributed by atoms with van der Waals surface area (Å²) in [6, 6.07) is 10.4. The number of H-pyrrole nitrogens is 1. The summed E-state index contributed by atoms with van der Waals surface area (Å²) in [4.78, 5) is 2.37. The van der Waals surface area contributed by atoms with E-state index in [1.165, 1.54) is 7.11 Å². The molecule has 6 nitrogen and oxygen atoms in total. The number of rotatable bonds is 10. The van der Waals surface area contributed by atoms with E-state index >= 15 is 0 Å². The Kier molecular flexibility index (Phi) is 7.44. The van der Waals surface area contributed by atoms with Gasteiger partial charge in [0.05, 0.1) is 36.4 Å². The number of benzene rings is 3. The maximum Gasteiger partial charge on any atom is 0.271 e. The zero-order chi connectivity index (χ0) is 29.6. The van der Waals surface area contributed by atoms with Gasteiger partial charge in [0.15, 0.2) is 28.9 Å². The van der Waals surface area contributed by atoms with E-state index < -0.39 is 23.1 Å². The Balaban J connectivity index is 1.41. The van der Waals surface area contributed by atoms with Crippen LogP contribution in [0.2, 0.25) is 0 Å². The Bertz CT molecular complexity index is 1760. The van der Waals surface area contributed by atoms with Crippen LogP contribution >= 0.6 is 11.3 Å². The number of aromatic amines is 1. The van der Waals surface area contributed by atoms with Crippen LogP contribution in [0, 0.1) is 11.6 Å². The van der Waals surface area contributed by atoms with Crippen molar-refractivity contribution in [3.8, 4) is 27.7 Å². The summed E-state index contributed by atoms with van der Waals surface area (Å²) in [5.41, 5.74) is 0.682. The second-order valence-electron chi connectivity index (χ2n) is 10.3. The Morgan fingerprint density at radius 2 is 1.86 bits per heavy atom. The lowest BCUT2D eigenvalue weighted by atomic mass is 9.99. The molecule has 2 N–H and O–H groups in total. The minimum Gasteiger partial charge on any atom is -0.493 e. The molecular weight excluding hydrogens is 575 g/mol. The fourth-order valence-corrected chi connectivity index (χ4v) is 6.51. The third kappa shape index (κ3) is 5.24. The topological polar surface area (TPSA) is 62.4 Å². The maximum atomic E-state index is 14.7. The number of likely N-dealkylation sites (tertiary alicyclic amines) is 1. The molecule has 1 saturated heterocycles. The molecule has 6 rings (SSSR count). The van der Waals surface area contributed by atoms with E-state index in [1.807, 2.05) is 6.07 Å². The number of nitrogens with zero attached hydrogens (tertiary/aromatic N) is 2. The fourth-order valence-electron chi connectivity index (χ4n) is 5.24. The number of nitrogens with one attached hydrogen (secondary N) is 2. The smallest absolute Gasteiger partial charge is 0.271 e. The van der Waals surface area contributed by atoms with Crippen LogP contribution in [-0.2, 0) is 5.92 Å².